The van der Waals surface area contributed by atoms with Crippen LogP contribution in [0, 0.1) is 11.3 Å². The van der Waals surface area contributed by atoms with E-state index in [0.29, 0.717) is 37.9 Å². The van der Waals surface area contributed by atoms with E-state index in [-0.39, 0.29) is 23.3 Å². The van der Waals surface area contributed by atoms with Crippen molar-refractivity contribution in [1.29, 1.82) is 0 Å². The van der Waals surface area contributed by atoms with Crippen LogP contribution in [0.1, 0.15) is 64.6 Å². The summed E-state index contributed by atoms with van der Waals surface area (Å²) in [6.45, 7) is 4.78. The Morgan fingerprint density at radius 1 is 1.26 bits per heavy atom. The molecule has 3 saturated carbocycles. The van der Waals surface area contributed by atoms with Gasteiger partial charge in [-0.2, -0.15) is 0 Å². The molecular formula is C25H33FN2O3. The molecule has 5 rings (SSSR count). The first-order valence-electron chi connectivity index (χ1n) is 11.7. The predicted octanol–water partition coefficient (Wildman–Crippen LogP) is 4.19. The van der Waals surface area contributed by atoms with Crippen molar-refractivity contribution in [3.8, 4) is 0 Å². The monoisotopic (exact) mass is 428 g/mol. The molecule has 0 spiro atoms. The number of fused-ring (bicyclic) bond motifs is 3. The number of amides is 1. The number of hydrogen-bond acceptors (Lipinski definition) is 4. The maximum absolute atomic E-state index is 15.2. The summed E-state index contributed by atoms with van der Waals surface area (Å²) in [6, 6.07) is 9.77. The third-order valence-corrected chi connectivity index (χ3v) is 8.48. The first kappa shape index (κ1) is 21.0. The molecule has 168 valence electrons. The molecule has 2 aromatic rings. The van der Waals surface area contributed by atoms with Gasteiger partial charge in [-0.1, -0.05) is 25.1 Å². The molecule has 31 heavy (non-hydrogen) atoms. The highest BCUT2D eigenvalue weighted by Crippen LogP contribution is 2.65. The molecule has 1 heterocycles. The third kappa shape index (κ3) is 3.30. The second-order valence-electron chi connectivity index (χ2n) is 10.3. The van der Waals surface area contributed by atoms with Crippen molar-refractivity contribution in [3.63, 3.8) is 0 Å². The number of aliphatic hydroxyl groups is 1. The van der Waals surface area contributed by atoms with Gasteiger partial charge in [0, 0.05) is 22.8 Å². The minimum atomic E-state index is -1.13. The number of halogens is 1. The summed E-state index contributed by atoms with van der Waals surface area (Å²) in [5.41, 5.74) is -1.50. The lowest BCUT2D eigenvalue weighted by atomic mass is 9.66. The molecule has 3 aliphatic carbocycles. The molecular weight excluding hydrogens is 395 g/mol. The van der Waals surface area contributed by atoms with E-state index in [1.54, 1.807) is 0 Å². The van der Waals surface area contributed by atoms with Crippen molar-refractivity contribution in [2.24, 2.45) is 11.3 Å². The lowest BCUT2D eigenvalue weighted by Gasteiger charge is -2.45. The zero-order valence-electron chi connectivity index (χ0n) is 18.4. The van der Waals surface area contributed by atoms with Crippen LogP contribution in [0.4, 0.5) is 4.39 Å². The topological polar surface area (TPSA) is 74.5 Å². The van der Waals surface area contributed by atoms with Gasteiger partial charge in [-0.3, -0.25) is 4.79 Å². The van der Waals surface area contributed by atoms with E-state index in [1.165, 1.54) is 0 Å². The van der Waals surface area contributed by atoms with Crippen molar-refractivity contribution in [2.75, 3.05) is 6.54 Å². The van der Waals surface area contributed by atoms with Gasteiger partial charge in [0.25, 0.3) is 0 Å². The Balaban J connectivity index is 1.49. The number of benzene rings is 1. The number of rotatable bonds is 6. The summed E-state index contributed by atoms with van der Waals surface area (Å²) in [7, 11) is 0. The van der Waals surface area contributed by atoms with Gasteiger partial charge in [-0.15, -0.1) is 0 Å². The molecule has 0 saturated heterocycles. The number of carbonyl (C=O) groups excluding carboxylic acids is 1. The Morgan fingerprint density at radius 3 is 2.65 bits per heavy atom. The van der Waals surface area contributed by atoms with E-state index in [4.69, 9.17) is 4.42 Å². The quantitative estimate of drug-likeness (QED) is 0.645. The molecule has 1 aromatic heterocycles. The van der Waals surface area contributed by atoms with Crippen molar-refractivity contribution in [2.45, 2.75) is 82.1 Å². The van der Waals surface area contributed by atoms with E-state index >= 15 is 4.39 Å². The molecule has 1 unspecified atom stereocenters. The van der Waals surface area contributed by atoms with Crippen molar-refractivity contribution >= 4 is 16.9 Å². The average Bonchev–Trinajstić information content (AvgIpc) is 3.49. The van der Waals surface area contributed by atoms with Gasteiger partial charge < -0.3 is 20.2 Å². The van der Waals surface area contributed by atoms with E-state index in [2.05, 4.69) is 10.6 Å². The Labute approximate surface area is 182 Å². The predicted molar refractivity (Wildman–Crippen MR) is 117 cm³/mol. The lowest BCUT2D eigenvalue weighted by molar-refractivity contribution is -0.129. The summed E-state index contributed by atoms with van der Waals surface area (Å²) < 4.78 is 21.5. The number of carbonyl (C=O) groups is 1. The highest BCUT2D eigenvalue weighted by Gasteiger charge is 2.64. The maximum Gasteiger partial charge on any atom is 0.224 e. The molecule has 5 nitrogen and oxygen atoms in total. The van der Waals surface area contributed by atoms with Crippen LogP contribution in [0.3, 0.4) is 0 Å². The first-order valence-corrected chi connectivity index (χ1v) is 11.7. The highest BCUT2D eigenvalue weighted by atomic mass is 19.1. The summed E-state index contributed by atoms with van der Waals surface area (Å²) in [4.78, 5) is 13.5. The van der Waals surface area contributed by atoms with Crippen molar-refractivity contribution in [3.05, 3.63) is 36.1 Å². The van der Waals surface area contributed by atoms with Gasteiger partial charge in [0.2, 0.25) is 5.91 Å². The standard InChI is InChI=1S/C25H33FN2O3/c1-3-27-18-12-17(13-19(18)29)22(30)28-23(2,24-8-10-25(26,15-24)11-9-24)21-14-16-6-4-5-7-20(16)31-21/h4-7,14,17-19,27,29H,3,8-13,15H2,1-2H3,(H,28,30)/t17-,18?,19-,23-,24?,25?/m1/s1. The lowest BCUT2D eigenvalue weighted by Crippen LogP contribution is -2.55. The zero-order chi connectivity index (χ0) is 21.9. The maximum atomic E-state index is 15.2. The fourth-order valence-electron chi connectivity index (χ4n) is 6.56. The largest absolute Gasteiger partial charge is 0.459 e. The fraction of sp³-hybridized carbons (Fsp3) is 0.640. The molecule has 3 fully saturated rings. The third-order valence-electron chi connectivity index (χ3n) is 8.48. The van der Waals surface area contributed by atoms with Gasteiger partial charge in [0.1, 0.15) is 22.6 Å². The van der Waals surface area contributed by atoms with Gasteiger partial charge >= 0.3 is 0 Å². The molecule has 0 radical (unpaired) electrons. The number of likely N-dealkylation sites (N-methyl/N-ethyl adjacent to an activating group) is 1. The Morgan fingerprint density at radius 2 is 2.00 bits per heavy atom. The number of para-hydroxylation sites is 1. The van der Waals surface area contributed by atoms with Gasteiger partial charge in [0.05, 0.1) is 6.10 Å². The van der Waals surface area contributed by atoms with Crippen LogP contribution >= 0.6 is 0 Å². The van der Waals surface area contributed by atoms with Crippen molar-refractivity contribution in [1.82, 2.24) is 10.6 Å². The summed E-state index contributed by atoms with van der Waals surface area (Å²) in [5.74, 6) is 0.368. The number of aliphatic hydroxyl groups excluding tert-OH is 1. The van der Waals surface area contributed by atoms with Crippen molar-refractivity contribution < 1.29 is 18.7 Å². The molecule has 1 aromatic carbocycles. The molecule has 2 bridgehead atoms. The number of hydrogen-bond donors (Lipinski definition) is 3. The normalized spacial score (nSPS) is 36.7. The van der Waals surface area contributed by atoms with E-state index < -0.39 is 17.3 Å². The zero-order valence-corrected chi connectivity index (χ0v) is 18.4. The van der Waals surface area contributed by atoms with Crippen LogP contribution in [0.2, 0.25) is 0 Å². The van der Waals surface area contributed by atoms with Crippen LogP contribution in [0.25, 0.3) is 11.0 Å². The van der Waals surface area contributed by atoms with Crippen LogP contribution in [0.15, 0.2) is 34.7 Å². The van der Waals surface area contributed by atoms with Crippen LogP contribution < -0.4 is 10.6 Å². The Bertz CT molecular complexity index is 947. The number of alkyl halides is 1. The molecule has 1 amide bonds. The second kappa shape index (κ2) is 7.31. The van der Waals surface area contributed by atoms with Gasteiger partial charge in [-0.05, 0) is 70.5 Å². The van der Waals surface area contributed by atoms with E-state index in [9.17, 15) is 9.90 Å². The minimum Gasteiger partial charge on any atom is -0.459 e. The van der Waals surface area contributed by atoms with E-state index in [1.807, 2.05) is 44.2 Å². The minimum absolute atomic E-state index is 0.0622. The smallest absolute Gasteiger partial charge is 0.224 e. The second-order valence-corrected chi connectivity index (χ2v) is 10.3. The molecule has 3 aliphatic rings. The molecule has 4 atom stereocenters. The highest BCUT2D eigenvalue weighted by molar-refractivity contribution is 5.81. The average molecular weight is 429 g/mol. The Hall–Kier alpha value is -1.92. The molecule has 6 heteroatoms. The number of nitrogens with one attached hydrogen (secondary N) is 2. The Kier molecular flexibility index (Phi) is 4.94. The van der Waals surface area contributed by atoms with E-state index in [0.717, 1.165) is 30.4 Å². The molecule has 3 N–H and O–H groups in total. The first-order chi connectivity index (χ1) is 14.8. The SMILES string of the molecule is CCNC1C[C@@H](C(=O)N[C@](C)(c2cc3ccccc3o2)C23CCC(F)(CC2)C3)C[C@H]1O. The fourth-order valence-corrected chi connectivity index (χ4v) is 6.56. The number of furan rings is 1. The van der Waals surface area contributed by atoms with Gasteiger partial charge in [-0.25, -0.2) is 4.39 Å². The summed E-state index contributed by atoms with van der Waals surface area (Å²) in [6.07, 6.45) is 3.56. The van der Waals surface area contributed by atoms with Gasteiger partial charge in [0.15, 0.2) is 0 Å². The summed E-state index contributed by atoms with van der Waals surface area (Å²) in [5, 5.41) is 18.0. The van der Waals surface area contributed by atoms with Crippen LogP contribution in [-0.4, -0.2) is 35.4 Å². The van der Waals surface area contributed by atoms with Crippen LogP contribution in [-0.2, 0) is 10.3 Å². The van der Waals surface area contributed by atoms with Crippen LogP contribution in [0.5, 0.6) is 0 Å². The molecule has 0 aliphatic heterocycles. The summed E-state index contributed by atoms with van der Waals surface area (Å²) >= 11 is 0.